The number of ether oxygens (including phenoxy) is 3. The Morgan fingerprint density at radius 3 is 2.28 bits per heavy atom. The molecule has 7 aliphatic rings. The van der Waals surface area contributed by atoms with E-state index in [1.807, 2.05) is 4.90 Å². The van der Waals surface area contributed by atoms with Gasteiger partial charge in [0.25, 0.3) is 5.91 Å². The summed E-state index contributed by atoms with van der Waals surface area (Å²) in [6.07, 6.45) is 14.5. The van der Waals surface area contributed by atoms with Gasteiger partial charge in [-0.2, -0.15) is 0 Å². The maximum absolute atomic E-state index is 14.8. The van der Waals surface area contributed by atoms with Crippen LogP contribution in [0.5, 0.6) is 5.75 Å². The van der Waals surface area contributed by atoms with Gasteiger partial charge in [-0.1, -0.05) is 56.7 Å². The number of carbonyl (C=O) groups excluding carboxylic acids is 2. The number of benzene rings is 1. The second kappa shape index (κ2) is 12.7. The first-order valence-electron chi connectivity index (χ1n) is 18.7. The lowest BCUT2D eigenvalue weighted by molar-refractivity contribution is -0.172. The van der Waals surface area contributed by atoms with Gasteiger partial charge in [0.15, 0.2) is 0 Å². The highest BCUT2D eigenvalue weighted by molar-refractivity contribution is 7.90. The Bertz CT molecular complexity index is 1920. The summed E-state index contributed by atoms with van der Waals surface area (Å²) in [4.78, 5) is 30.9. The van der Waals surface area contributed by atoms with Crippen molar-refractivity contribution in [2.75, 3.05) is 33.5 Å². The number of morpholine rings is 2. The maximum Gasteiger partial charge on any atom is 0.265 e. The minimum absolute atomic E-state index is 0.0882. The summed E-state index contributed by atoms with van der Waals surface area (Å²) in [6, 6.07) is 6.26. The Kier molecular flexibility index (Phi) is 8.23. The summed E-state index contributed by atoms with van der Waals surface area (Å²) >= 11 is 0. The number of amides is 2. The van der Waals surface area contributed by atoms with Crippen LogP contribution < -0.4 is 9.46 Å². The molecule has 4 aliphatic carbocycles. The van der Waals surface area contributed by atoms with E-state index in [0.717, 1.165) is 71.2 Å². The average Bonchev–Trinajstić information content (AvgIpc) is 3.77. The number of fused-ring (bicyclic) bond motifs is 8. The molecule has 2 aromatic rings. The number of allylic oxidation sites excluding steroid dienone is 4. The Morgan fingerprint density at radius 2 is 1.60 bits per heavy atom. The van der Waals surface area contributed by atoms with Crippen LogP contribution in [0.2, 0.25) is 0 Å². The van der Waals surface area contributed by atoms with E-state index in [-0.39, 0.29) is 23.9 Å². The molecule has 9 rings (SSSR count). The van der Waals surface area contributed by atoms with Crippen molar-refractivity contribution in [2.24, 2.45) is 5.92 Å². The molecule has 2 saturated carbocycles. The normalized spacial score (nSPS) is 28.5. The molecule has 1 aromatic carbocycles. The Labute approximate surface area is 293 Å². The molecule has 2 atom stereocenters. The van der Waals surface area contributed by atoms with Gasteiger partial charge in [-0.3, -0.25) is 9.59 Å². The number of hydrogen-bond donors (Lipinski definition) is 1. The van der Waals surface area contributed by atoms with E-state index in [4.69, 9.17) is 14.2 Å². The van der Waals surface area contributed by atoms with Gasteiger partial charge < -0.3 is 23.7 Å². The van der Waals surface area contributed by atoms with E-state index in [1.54, 1.807) is 7.11 Å². The van der Waals surface area contributed by atoms with Gasteiger partial charge in [-0.05, 0) is 72.4 Å². The molecule has 2 bridgehead atoms. The highest BCUT2D eigenvalue weighted by atomic mass is 32.2. The highest BCUT2D eigenvalue weighted by Gasteiger charge is 2.50. The van der Waals surface area contributed by atoms with Crippen LogP contribution in [0.4, 0.5) is 0 Å². The SMILES string of the molecule is COc1ccc(C2CCCCC2)c2c1cc1n2CC2=C(C(=O)NS(=O)(=O)C3CCCCC3)C2=C2C=CC[C@@H](C(=O)N3C4COCC3COC4)C21. The van der Waals surface area contributed by atoms with Crippen molar-refractivity contribution in [1.29, 1.82) is 0 Å². The van der Waals surface area contributed by atoms with Gasteiger partial charge >= 0.3 is 0 Å². The molecule has 1 aromatic heterocycles. The van der Waals surface area contributed by atoms with E-state index in [2.05, 4.69) is 39.6 Å². The fourth-order valence-electron chi connectivity index (χ4n) is 10.1. The molecule has 3 aliphatic heterocycles. The summed E-state index contributed by atoms with van der Waals surface area (Å²) in [6.45, 7) is 2.27. The monoisotopic (exact) mass is 701 g/mol. The van der Waals surface area contributed by atoms with Crippen molar-refractivity contribution < 1.29 is 32.2 Å². The summed E-state index contributed by atoms with van der Waals surface area (Å²) in [5.74, 6) is 0.0385. The van der Waals surface area contributed by atoms with Crippen molar-refractivity contribution >= 4 is 32.7 Å². The number of sulfonamides is 1. The molecule has 4 fully saturated rings. The van der Waals surface area contributed by atoms with Crippen molar-refractivity contribution in [3.05, 3.63) is 63.9 Å². The molecule has 2 amide bonds. The van der Waals surface area contributed by atoms with Crippen LogP contribution in [-0.4, -0.2) is 80.6 Å². The molecule has 1 N–H and O–H groups in total. The molecule has 2 saturated heterocycles. The average molecular weight is 702 g/mol. The first kappa shape index (κ1) is 32.5. The lowest BCUT2D eigenvalue weighted by Crippen LogP contribution is -2.63. The third-order valence-corrected chi connectivity index (χ3v) is 14.4. The van der Waals surface area contributed by atoms with E-state index < -0.39 is 27.1 Å². The molecule has 50 heavy (non-hydrogen) atoms. The van der Waals surface area contributed by atoms with Gasteiger partial charge in [0.1, 0.15) is 5.75 Å². The molecule has 11 heteroatoms. The van der Waals surface area contributed by atoms with E-state index in [9.17, 15) is 18.0 Å². The van der Waals surface area contributed by atoms with Crippen LogP contribution in [0.15, 0.2) is 52.6 Å². The first-order valence-corrected chi connectivity index (χ1v) is 20.3. The number of methoxy groups -OCH3 is 1. The lowest BCUT2D eigenvalue weighted by Gasteiger charge is -2.47. The van der Waals surface area contributed by atoms with Crippen molar-refractivity contribution in [1.82, 2.24) is 14.2 Å². The molecule has 10 nitrogen and oxygen atoms in total. The van der Waals surface area contributed by atoms with Crippen LogP contribution in [0.1, 0.15) is 93.7 Å². The topological polar surface area (TPSA) is 116 Å². The number of hydrogen-bond acceptors (Lipinski definition) is 7. The molecule has 4 heterocycles. The van der Waals surface area contributed by atoms with E-state index in [1.165, 1.54) is 24.8 Å². The molecule has 0 spiro atoms. The zero-order valence-electron chi connectivity index (χ0n) is 28.8. The van der Waals surface area contributed by atoms with E-state index in [0.29, 0.717) is 63.7 Å². The van der Waals surface area contributed by atoms with Crippen molar-refractivity contribution in [3.63, 3.8) is 0 Å². The first-order chi connectivity index (χ1) is 24.4. The zero-order chi connectivity index (χ0) is 34.1. The zero-order valence-corrected chi connectivity index (χ0v) is 29.6. The third-order valence-electron chi connectivity index (χ3n) is 12.5. The van der Waals surface area contributed by atoms with Gasteiger partial charge in [0, 0.05) is 23.5 Å². The summed E-state index contributed by atoms with van der Waals surface area (Å²) < 4.78 is 49.4. The second-order valence-corrected chi connectivity index (χ2v) is 17.3. The van der Waals surface area contributed by atoms with Crippen LogP contribution in [-0.2, 0) is 35.6 Å². The number of nitrogens with one attached hydrogen (secondary N) is 1. The summed E-state index contributed by atoms with van der Waals surface area (Å²) in [5, 5.41) is 0.483. The predicted molar refractivity (Wildman–Crippen MR) is 188 cm³/mol. The lowest BCUT2D eigenvalue weighted by atomic mass is 9.75. The summed E-state index contributed by atoms with van der Waals surface area (Å²) in [5.41, 5.74) is 6.54. The van der Waals surface area contributed by atoms with Crippen molar-refractivity contribution in [2.45, 2.75) is 106 Å². The minimum Gasteiger partial charge on any atom is -0.496 e. The second-order valence-electron chi connectivity index (χ2n) is 15.4. The number of aromatic nitrogens is 1. The molecule has 266 valence electrons. The minimum atomic E-state index is -3.81. The standard InChI is InChI=1S/C39H47N3O7S/c1-47-33-16-15-27(23-9-4-2-5-10-23)37-30(33)17-32-34-28(13-8-14-29(34)39(44)42-24-19-48-21-25(42)22-49-20-24)35-31(18-41(32)37)36(35)38(43)40-50(45,46)26-11-6-3-7-12-26/h8,13,15-17,23-26,29,34H,2-7,9-12,14,18-22H2,1H3,(H,40,43)/t24?,25?,29-,34?/m1/s1. The molecular formula is C39H47N3O7S. The van der Waals surface area contributed by atoms with Gasteiger partial charge in [0.05, 0.1) is 67.9 Å². The van der Waals surface area contributed by atoms with Gasteiger partial charge in [-0.25, -0.2) is 13.1 Å². The largest absolute Gasteiger partial charge is 0.496 e. The Balaban J connectivity index is 1.18. The predicted octanol–water partition coefficient (Wildman–Crippen LogP) is 5.38. The molecule has 1 unspecified atom stereocenters. The summed E-state index contributed by atoms with van der Waals surface area (Å²) in [7, 11) is -2.11. The molecular weight excluding hydrogens is 655 g/mol. The number of nitrogens with zero attached hydrogens (tertiary/aromatic N) is 2. The van der Waals surface area contributed by atoms with Crippen LogP contribution >= 0.6 is 0 Å². The Morgan fingerprint density at radius 1 is 0.920 bits per heavy atom. The number of carbonyl (C=O) groups is 2. The van der Waals surface area contributed by atoms with Crippen LogP contribution in [0.3, 0.4) is 0 Å². The highest BCUT2D eigenvalue weighted by Crippen LogP contribution is 2.55. The van der Waals surface area contributed by atoms with Crippen LogP contribution in [0.25, 0.3) is 10.9 Å². The smallest absolute Gasteiger partial charge is 0.265 e. The van der Waals surface area contributed by atoms with Crippen molar-refractivity contribution in [3.8, 4) is 5.75 Å². The van der Waals surface area contributed by atoms with Gasteiger partial charge in [-0.15, -0.1) is 0 Å². The maximum atomic E-state index is 14.8. The van der Waals surface area contributed by atoms with Crippen LogP contribution in [0, 0.1) is 5.92 Å². The van der Waals surface area contributed by atoms with Gasteiger partial charge in [0.2, 0.25) is 15.9 Å². The fourth-order valence-corrected chi connectivity index (χ4v) is 11.6. The third kappa shape index (κ3) is 5.29. The molecule has 0 radical (unpaired) electrons. The van der Waals surface area contributed by atoms with E-state index >= 15 is 0 Å². The number of rotatable bonds is 6. The fraction of sp³-hybridized carbons (Fsp3) is 0.590. The quantitative estimate of drug-likeness (QED) is 0.430. The Hall–Kier alpha value is -3.41.